The lowest BCUT2D eigenvalue weighted by Crippen LogP contribution is -2.50. The van der Waals surface area contributed by atoms with Crippen molar-refractivity contribution in [3.8, 4) is 5.69 Å². The predicted octanol–water partition coefficient (Wildman–Crippen LogP) is 4.86. The molecule has 0 spiro atoms. The number of aromatic nitrogens is 2. The van der Waals surface area contributed by atoms with Crippen molar-refractivity contribution in [1.82, 2.24) is 15.1 Å². The van der Waals surface area contributed by atoms with Gasteiger partial charge in [0.1, 0.15) is 17.7 Å². The van der Waals surface area contributed by atoms with E-state index >= 15 is 0 Å². The molecule has 2 heterocycles. The molecule has 4 aromatic rings. The van der Waals surface area contributed by atoms with Crippen LogP contribution in [-0.2, 0) is 4.79 Å². The summed E-state index contributed by atoms with van der Waals surface area (Å²) in [6.45, 7) is 1.85. The Bertz CT molecular complexity index is 1390. The minimum Gasteiger partial charge on any atom is -0.339 e. The topological polar surface area (TPSA) is 76.0 Å². The Morgan fingerprint density at radius 1 is 1.06 bits per heavy atom. The van der Waals surface area contributed by atoms with Crippen LogP contribution < -0.4 is 10.6 Å². The van der Waals surface area contributed by atoms with Crippen LogP contribution in [0.1, 0.15) is 33.1 Å². The zero-order valence-corrected chi connectivity index (χ0v) is 18.9. The van der Waals surface area contributed by atoms with Crippen LogP contribution in [0.2, 0.25) is 5.02 Å². The summed E-state index contributed by atoms with van der Waals surface area (Å²) in [6, 6.07) is 20.9. The van der Waals surface area contributed by atoms with E-state index in [9.17, 15) is 14.0 Å². The number of nitrogens with zero attached hydrogens (tertiary/aromatic N) is 2. The normalized spacial score (nSPS) is 17.1. The van der Waals surface area contributed by atoms with Gasteiger partial charge in [-0.1, -0.05) is 48.0 Å². The molecule has 0 unspecified atom stereocenters. The second-order valence-corrected chi connectivity index (χ2v) is 8.51. The summed E-state index contributed by atoms with van der Waals surface area (Å²) in [5, 5.41) is 10.9. The standard InChI is InChI=1S/C26H20ClFN4O2/c1-15-21-22(16-10-12-19(28)13-11-16)23(29-25(33)17-6-5-7-18(27)14-17)26(34)30-24(21)32(31-15)20-8-3-2-4-9-20/h2-14,22-23H,1H3,(H,29,33)(H,30,34)/t22-,23+/m0/s1. The summed E-state index contributed by atoms with van der Waals surface area (Å²) >= 11 is 6.04. The molecule has 2 amide bonds. The van der Waals surface area contributed by atoms with Gasteiger partial charge >= 0.3 is 0 Å². The maximum atomic E-state index is 13.7. The van der Waals surface area contributed by atoms with E-state index < -0.39 is 23.8 Å². The molecule has 6 nitrogen and oxygen atoms in total. The minimum absolute atomic E-state index is 0.334. The van der Waals surface area contributed by atoms with Gasteiger partial charge in [-0.15, -0.1) is 0 Å². The average molecular weight is 475 g/mol. The molecular weight excluding hydrogens is 455 g/mol. The maximum absolute atomic E-state index is 13.7. The van der Waals surface area contributed by atoms with Gasteiger partial charge in [0, 0.05) is 22.1 Å². The highest BCUT2D eigenvalue weighted by molar-refractivity contribution is 6.31. The quantitative estimate of drug-likeness (QED) is 0.443. The summed E-state index contributed by atoms with van der Waals surface area (Å²) in [4.78, 5) is 26.4. The Labute approximate surface area is 200 Å². The number of rotatable bonds is 4. The molecule has 1 aromatic heterocycles. The van der Waals surface area contributed by atoms with Crippen LogP contribution in [-0.4, -0.2) is 27.6 Å². The zero-order valence-electron chi connectivity index (χ0n) is 18.1. The van der Waals surface area contributed by atoms with Crippen LogP contribution >= 0.6 is 11.6 Å². The number of benzene rings is 3. The van der Waals surface area contributed by atoms with Gasteiger partial charge in [0.15, 0.2) is 0 Å². The number of hydrogen-bond donors (Lipinski definition) is 2. The number of aryl methyl sites for hydroxylation is 1. The fourth-order valence-electron chi connectivity index (χ4n) is 4.33. The third kappa shape index (κ3) is 3.95. The third-order valence-electron chi connectivity index (χ3n) is 5.88. The van der Waals surface area contributed by atoms with E-state index in [2.05, 4.69) is 15.7 Å². The molecule has 0 bridgehead atoms. The first-order valence-electron chi connectivity index (χ1n) is 10.7. The van der Waals surface area contributed by atoms with Crippen molar-refractivity contribution in [3.05, 3.63) is 112 Å². The van der Waals surface area contributed by atoms with Crippen LogP contribution in [0, 0.1) is 12.7 Å². The van der Waals surface area contributed by atoms with Crippen LogP contribution in [0.3, 0.4) is 0 Å². The number of halogens is 2. The monoisotopic (exact) mass is 474 g/mol. The number of hydrogen-bond acceptors (Lipinski definition) is 3. The van der Waals surface area contributed by atoms with E-state index in [4.69, 9.17) is 11.6 Å². The minimum atomic E-state index is -0.948. The molecule has 34 heavy (non-hydrogen) atoms. The third-order valence-corrected chi connectivity index (χ3v) is 6.11. The van der Waals surface area contributed by atoms with Gasteiger partial charge < -0.3 is 10.6 Å². The van der Waals surface area contributed by atoms with Gasteiger partial charge in [-0.25, -0.2) is 9.07 Å². The number of para-hydroxylation sites is 1. The van der Waals surface area contributed by atoms with Crippen molar-refractivity contribution >= 4 is 29.2 Å². The number of fused-ring (bicyclic) bond motifs is 1. The highest BCUT2D eigenvalue weighted by atomic mass is 35.5. The van der Waals surface area contributed by atoms with Gasteiger partial charge in [0.2, 0.25) is 5.91 Å². The zero-order chi connectivity index (χ0) is 23.8. The molecule has 1 aliphatic heterocycles. The van der Waals surface area contributed by atoms with E-state index in [0.717, 1.165) is 11.3 Å². The fraction of sp³-hybridized carbons (Fsp3) is 0.115. The molecule has 5 rings (SSSR count). The number of carbonyl (C=O) groups is 2. The van der Waals surface area contributed by atoms with Crippen LogP contribution in [0.4, 0.5) is 10.2 Å². The smallest absolute Gasteiger partial charge is 0.252 e. The molecule has 2 N–H and O–H groups in total. The van der Waals surface area contributed by atoms with E-state index in [0.29, 0.717) is 27.7 Å². The highest BCUT2D eigenvalue weighted by Gasteiger charge is 2.41. The summed E-state index contributed by atoms with van der Waals surface area (Å²) in [7, 11) is 0. The Kier molecular flexibility index (Phi) is 5.63. The van der Waals surface area contributed by atoms with Crippen LogP contribution in [0.5, 0.6) is 0 Å². The molecule has 0 radical (unpaired) electrons. The lowest BCUT2D eigenvalue weighted by atomic mass is 9.82. The molecule has 2 atom stereocenters. The van der Waals surface area contributed by atoms with Gasteiger partial charge in [0.25, 0.3) is 5.91 Å². The average Bonchev–Trinajstić information content (AvgIpc) is 3.16. The van der Waals surface area contributed by atoms with Crippen molar-refractivity contribution in [2.75, 3.05) is 5.32 Å². The molecule has 1 aliphatic rings. The van der Waals surface area contributed by atoms with Crippen molar-refractivity contribution in [2.24, 2.45) is 0 Å². The van der Waals surface area contributed by atoms with Crippen molar-refractivity contribution in [1.29, 1.82) is 0 Å². The van der Waals surface area contributed by atoms with Gasteiger partial charge in [0.05, 0.1) is 11.4 Å². The second-order valence-electron chi connectivity index (χ2n) is 8.07. The van der Waals surface area contributed by atoms with Crippen molar-refractivity contribution in [2.45, 2.75) is 18.9 Å². The molecule has 170 valence electrons. The lowest BCUT2D eigenvalue weighted by molar-refractivity contribution is -0.118. The SMILES string of the molecule is Cc1nn(-c2ccccc2)c2c1[C@H](c1ccc(F)cc1)[C@@H](NC(=O)c1cccc(Cl)c1)C(=O)N2. The lowest BCUT2D eigenvalue weighted by Gasteiger charge is -2.32. The van der Waals surface area contributed by atoms with Crippen molar-refractivity contribution in [3.63, 3.8) is 0 Å². The fourth-order valence-corrected chi connectivity index (χ4v) is 4.52. The van der Waals surface area contributed by atoms with Crippen LogP contribution in [0.15, 0.2) is 78.9 Å². The largest absolute Gasteiger partial charge is 0.339 e. The molecule has 0 aliphatic carbocycles. The number of nitrogens with one attached hydrogen (secondary N) is 2. The summed E-state index contributed by atoms with van der Waals surface area (Å²) in [6.07, 6.45) is 0. The number of anilines is 1. The van der Waals surface area contributed by atoms with E-state index in [1.807, 2.05) is 37.3 Å². The van der Waals surface area contributed by atoms with E-state index in [1.165, 1.54) is 18.2 Å². The first-order chi connectivity index (χ1) is 16.4. The van der Waals surface area contributed by atoms with Gasteiger partial charge in [-0.2, -0.15) is 5.10 Å². The first-order valence-corrected chi connectivity index (χ1v) is 11.1. The summed E-state index contributed by atoms with van der Waals surface area (Å²) in [5.41, 5.74) is 3.25. The number of carbonyl (C=O) groups excluding carboxylic acids is 2. The van der Waals surface area contributed by atoms with Gasteiger partial charge in [-0.3, -0.25) is 9.59 Å². The van der Waals surface area contributed by atoms with E-state index in [-0.39, 0.29) is 5.82 Å². The summed E-state index contributed by atoms with van der Waals surface area (Å²) < 4.78 is 15.4. The van der Waals surface area contributed by atoms with Gasteiger partial charge in [-0.05, 0) is 55.0 Å². The molecule has 0 saturated heterocycles. The molecule has 3 aromatic carbocycles. The molecule has 8 heteroatoms. The Morgan fingerprint density at radius 3 is 2.50 bits per heavy atom. The second kappa shape index (κ2) is 8.76. The number of amides is 2. The van der Waals surface area contributed by atoms with E-state index in [1.54, 1.807) is 35.0 Å². The Morgan fingerprint density at radius 2 is 1.79 bits per heavy atom. The Balaban J connectivity index is 1.62. The molecule has 0 fully saturated rings. The highest BCUT2D eigenvalue weighted by Crippen LogP contribution is 2.40. The summed E-state index contributed by atoms with van der Waals surface area (Å²) in [5.74, 6) is -1.28. The van der Waals surface area contributed by atoms with Crippen molar-refractivity contribution < 1.29 is 14.0 Å². The molecular formula is C26H20ClFN4O2. The maximum Gasteiger partial charge on any atom is 0.252 e. The first kappa shape index (κ1) is 21.9. The predicted molar refractivity (Wildman–Crippen MR) is 128 cm³/mol. The van der Waals surface area contributed by atoms with Crippen LogP contribution in [0.25, 0.3) is 5.69 Å². The molecule has 0 saturated carbocycles. The Hall–Kier alpha value is -3.97.